The van der Waals surface area contributed by atoms with Gasteiger partial charge in [-0.25, -0.2) is 4.39 Å². The molecule has 2 aliphatic rings. The third kappa shape index (κ3) is 4.15. The highest BCUT2D eigenvalue weighted by Gasteiger charge is 2.52. The van der Waals surface area contributed by atoms with Crippen molar-refractivity contribution in [3.63, 3.8) is 0 Å². The van der Waals surface area contributed by atoms with Crippen molar-refractivity contribution >= 4 is 16.7 Å². The molecule has 0 unspecified atom stereocenters. The number of carbonyl (C=O) groups excluding carboxylic acids is 1. The molecule has 1 spiro atoms. The van der Waals surface area contributed by atoms with E-state index in [0.29, 0.717) is 36.7 Å². The Morgan fingerprint density at radius 1 is 0.970 bits per heavy atom. The minimum Gasteiger partial charge on any atom is -0.457 e. The molecule has 2 heterocycles. The molecule has 0 saturated carbocycles. The van der Waals surface area contributed by atoms with E-state index >= 15 is 0 Å². The van der Waals surface area contributed by atoms with Crippen molar-refractivity contribution in [2.24, 2.45) is 5.41 Å². The molecule has 33 heavy (non-hydrogen) atoms. The Morgan fingerprint density at radius 3 is 2.36 bits per heavy atom. The summed E-state index contributed by atoms with van der Waals surface area (Å²) >= 11 is 0. The Hall–Kier alpha value is -3.13. The SMILES string of the molecule is O=C(c1ccc2c(Oc3ccc(C(F)(F)F)cc3)cccc2c1)N1CC2(CN(CCF)C2)C1. The molecule has 2 aliphatic heterocycles. The van der Waals surface area contributed by atoms with Crippen molar-refractivity contribution in [1.82, 2.24) is 9.80 Å². The standard InChI is InChI=1S/C25H22F4N2O2/c26-10-11-30-13-24(14-30)15-31(16-24)23(32)18-4-9-21-17(12-18)2-1-3-22(21)33-20-7-5-19(6-8-20)25(27,28)29/h1-9,12H,10-11,13-16H2. The summed E-state index contributed by atoms with van der Waals surface area (Å²) in [6.45, 7) is 3.15. The van der Waals surface area contributed by atoms with Gasteiger partial charge in [0.1, 0.15) is 18.2 Å². The van der Waals surface area contributed by atoms with E-state index in [-0.39, 0.29) is 18.0 Å². The van der Waals surface area contributed by atoms with Crippen LogP contribution in [0.3, 0.4) is 0 Å². The lowest BCUT2D eigenvalue weighted by atomic mass is 9.72. The molecule has 3 aromatic carbocycles. The van der Waals surface area contributed by atoms with E-state index in [1.807, 2.05) is 11.0 Å². The van der Waals surface area contributed by atoms with Crippen LogP contribution in [0.4, 0.5) is 17.6 Å². The van der Waals surface area contributed by atoms with Crippen LogP contribution >= 0.6 is 0 Å². The van der Waals surface area contributed by atoms with Gasteiger partial charge in [-0.3, -0.25) is 9.69 Å². The molecule has 3 aromatic rings. The number of rotatable bonds is 5. The molecule has 1 amide bonds. The average Bonchev–Trinajstić information content (AvgIpc) is 2.73. The lowest BCUT2D eigenvalue weighted by Gasteiger charge is -2.60. The van der Waals surface area contributed by atoms with Gasteiger partial charge in [-0.2, -0.15) is 13.2 Å². The molecule has 0 atom stereocenters. The number of alkyl halides is 4. The third-order valence-electron chi connectivity index (χ3n) is 6.36. The van der Waals surface area contributed by atoms with Crippen molar-refractivity contribution in [2.45, 2.75) is 6.18 Å². The minimum absolute atomic E-state index is 0.0412. The number of hydrogen-bond acceptors (Lipinski definition) is 3. The van der Waals surface area contributed by atoms with Gasteiger partial charge in [0.25, 0.3) is 5.91 Å². The molecule has 4 nitrogen and oxygen atoms in total. The summed E-state index contributed by atoms with van der Waals surface area (Å²) in [5.41, 5.74) is -0.0469. The lowest BCUT2D eigenvalue weighted by molar-refractivity contribution is -0.137. The van der Waals surface area contributed by atoms with Gasteiger partial charge >= 0.3 is 6.18 Å². The number of fused-ring (bicyclic) bond motifs is 1. The van der Waals surface area contributed by atoms with E-state index in [4.69, 9.17) is 4.74 Å². The van der Waals surface area contributed by atoms with E-state index in [9.17, 15) is 22.4 Å². The predicted octanol–water partition coefficient (Wildman–Crippen LogP) is 5.38. The fourth-order valence-electron chi connectivity index (χ4n) is 4.78. The largest absolute Gasteiger partial charge is 0.457 e. The summed E-state index contributed by atoms with van der Waals surface area (Å²) < 4.78 is 56.6. The molecule has 172 valence electrons. The van der Waals surface area contributed by atoms with Crippen LogP contribution in [-0.2, 0) is 6.18 Å². The second-order valence-electron chi connectivity index (χ2n) is 8.88. The zero-order valence-electron chi connectivity index (χ0n) is 17.7. The quantitative estimate of drug-likeness (QED) is 0.482. The van der Waals surface area contributed by atoms with Crippen molar-refractivity contribution in [3.05, 3.63) is 71.8 Å². The Balaban J connectivity index is 1.28. The number of benzene rings is 3. The molecule has 5 rings (SSSR count). The molecule has 2 fully saturated rings. The van der Waals surface area contributed by atoms with E-state index in [2.05, 4.69) is 4.90 Å². The minimum atomic E-state index is -4.40. The molecule has 0 aromatic heterocycles. The zero-order chi connectivity index (χ0) is 23.2. The van der Waals surface area contributed by atoms with Crippen molar-refractivity contribution < 1.29 is 27.1 Å². The summed E-state index contributed by atoms with van der Waals surface area (Å²) in [4.78, 5) is 16.8. The molecule has 0 radical (unpaired) electrons. The van der Waals surface area contributed by atoms with Crippen LogP contribution in [0.5, 0.6) is 11.5 Å². The fourth-order valence-corrected chi connectivity index (χ4v) is 4.78. The molecule has 0 aliphatic carbocycles. The van der Waals surface area contributed by atoms with Gasteiger partial charge in [0.05, 0.1) is 5.56 Å². The second kappa shape index (κ2) is 8.02. The van der Waals surface area contributed by atoms with Gasteiger partial charge < -0.3 is 9.64 Å². The van der Waals surface area contributed by atoms with Gasteiger partial charge in [-0.05, 0) is 53.9 Å². The Morgan fingerprint density at radius 2 is 1.70 bits per heavy atom. The summed E-state index contributed by atoms with van der Waals surface area (Å²) in [6.07, 6.45) is -4.40. The predicted molar refractivity (Wildman–Crippen MR) is 116 cm³/mol. The van der Waals surface area contributed by atoms with Crippen LogP contribution < -0.4 is 4.74 Å². The Bertz CT molecular complexity index is 1180. The maximum Gasteiger partial charge on any atom is 0.416 e. The maximum atomic E-state index is 12.9. The van der Waals surface area contributed by atoms with Crippen LogP contribution in [-0.4, -0.2) is 55.1 Å². The number of likely N-dealkylation sites (tertiary alicyclic amines) is 2. The number of nitrogens with zero attached hydrogens (tertiary/aromatic N) is 2. The maximum absolute atomic E-state index is 12.9. The normalized spacial score (nSPS) is 17.6. The first-order valence-corrected chi connectivity index (χ1v) is 10.7. The molecular weight excluding hydrogens is 436 g/mol. The second-order valence-corrected chi connectivity index (χ2v) is 8.88. The van der Waals surface area contributed by atoms with Crippen molar-refractivity contribution in [3.8, 4) is 11.5 Å². The highest BCUT2D eigenvalue weighted by molar-refractivity contribution is 6.00. The van der Waals surface area contributed by atoms with Gasteiger partial charge in [-0.15, -0.1) is 0 Å². The molecule has 0 bridgehead atoms. The van der Waals surface area contributed by atoms with Crippen LogP contribution in [0.1, 0.15) is 15.9 Å². The summed E-state index contributed by atoms with van der Waals surface area (Å²) in [6, 6.07) is 15.3. The average molecular weight is 458 g/mol. The van der Waals surface area contributed by atoms with E-state index < -0.39 is 11.7 Å². The van der Waals surface area contributed by atoms with E-state index in [1.54, 1.807) is 30.3 Å². The van der Waals surface area contributed by atoms with Gasteiger partial charge in [-0.1, -0.05) is 12.1 Å². The first-order chi connectivity index (χ1) is 15.8. The summed E-state index contributed by atoms with van der Waals surface area (Å²) in [5.74, 6) is 0.751. The summed E-state index contributed by atoms with van der Waals surface area (Å²) in [7, 11) is 0. The lowest BCUT2D eigenvalue weighted by Crippen LogP contribution is -2.72. The first kappa shape index (κ1) is 21.7. The topological polar surface area (TPSA) is 32.8 Å². The third-order valence-corrected chi connectivity index (χ3v) is 6.36. The number of carbonyl (C=O) groups is 1. The highest BCUT2D eigenvalue weighted by Crippen LogP contribution is 2.40. The molecule has 0 N–H and O–H groups in total. The summed E-state index contributed by atoms with van der Waals surface area (Å²) in [5, 5.41) is 1.56. The smallest absolute Gasteiger partial charge is 0.416 e. The van der Waals surface area contributed by atoms with Crippen LogP contribution in [0, 0.1) is 5.41 Å². The van der Waals surface area contributed by atoms with E-state index in [0.717, 1.165) is 36.0 Å². The number of amides is 1. The van der Waals surface area contributed by atoms with Crippen molar-refractivity contribution in [2.75, 3.05) is 39.4 Å². The van der Waals surface area contributed by atoms with Gasteiger partial charge in [0.15, 0.2) is 0 Å². The fraction of sp³-hybridized carbons (Fsp3) is 0.320. The highest BCUT2D eigenvalue weighted by atomic mass is 19.4. The first-order valence-electron chi connectivity index (χ1n) is 10.7. The van der Waals surface area contributed by atoms with Crippen LogP contribution in [0.25, 0.3) is 10.8 Å². The zero-order valence-corrected chi connectivity index (χ0v) is 17.7. The monoisotopic (exact) mass is 458 g/mol. The molecule has 8 heteroatoms. The number of ether oxygens (including phenoxy) is 1. The van der Waals surface area contributed by atoms with Crippen LogP contribution in [0.2, 0.25) is 0 Å². The van der Waals surface area contributed by atoms with E-state index in [1.165, 1.54) is 12.1 Å². The van der Waals surface area contributed by atoms with Gasteiger partial charge in [0.2, 0.25) is 0 Å². The Kier molecular flexibility index (Phi) is 5.28. The number of halogens is 4. The van der Waals surface area contributed by atoms with Crippen molar-refractivity contribution in [1.29, 1.82) is 0 Å². The Labute approximate surface area is 188 Å². The van der Waals surface area contributed by atoms with Gasteiger partial charge in [0, 0.05) is 49.1 Å². The van der Waals surface area contributed by atoms with Crippen LogP contribution in [0.15, 0.2) is 60.7 Å². The molecule has 2 saturated heterocycles. The molecular formula is C25H22F4N2O2. The number of hydrogen-bond donors (Lipinski definition) is 0.